The molecule has 0 saturated carbocycles. The Bertz CT molecular complexity index is 508. The largest absolute Gasteiger partial charge is 0.395 e. The van der Waals surface area contributed by atoms with Gasteiger partial charge < -0.3 is 20.8 Å². The van der Waals surface area contributed by atoms with Crippen molar-refractivity contribution in [1.29, 1.82) is 0 Å². The maximum Gasteiger partial charge on any atom is 0.163 e. The molecule has 0 aliphatic heterocycles. The van der Waals surface area contributed by atoms with Crippen molar-refractivity contribution in [3.63, 3.8) is 0 Å². The topological polar surface area (TPSA) is 90.3 Å². The third-order valence-electron chi connectivity index (χ3n) is 2.59. The van der Waals surface area contributed by atoms with Gasteiger partial charge in [-0.05, 0) is 0 Å². The molecule has 1 aromatic carbocycles. The van der Waals surface area contributed by atoms with Crippen molar-refractivity contribution >= 4 is 11.6 Å². The molecule has 0 unspecified atom stereocenters. The minimum atomic E-state index is 0.0318. The lowest BCUT2D eigenvalue weighted by Crippen LogP contribution is -2.11. The average molecular weight is 274 g/mol. The van der Waals surface area contributed by atoms with Gasteiger partial charge in [0.25, 0.3) is 0 Å². The number of benzene rings is 1. The van der Waals surface area contributed by atoms with Crippen molar-refractivity contribution in [3.8, 4) is 11.4 Å². The Hall–Kier alpha value is -2.18. The molecule has 0 atom stereocenters. The maximum atomic E-state index is 8.87. The summed E-state index contributed by atoms with van der Waals surface area (Å²) >= 11 is 0. The molecule has 106 valence electrons. The van der Waals surface area contributed by atoms with Crippen LogP contribution in [0, 0.1) is 0 Å². The van der Waals surface area contributed by atoms with Crippen LogP contribution >= 0.6 is 0 Å². The predicted molar refractivity (Wildman–Crippen MR) is 78.6 cm³/mol. The van der Waals surface area contributed by atoms with Crippen LogP contribution in [-0.2, 0) is 0 Å². The molecule has 2 rings (SSSR count). The van der Waals surface area contributed by atoms with E-state index in [2.05, 4.69) is 20.6 Å². The molecule has 6 heteroatoms. The first kappa shape index (κ1) is 14.2. The zero-order chi connectivity index (χ0) is 14.2. The van der Waals surface area contributed by atoms with E-state index in [9.17, 15) is 0 Å². The first-order chi connectivity index (χ1) is 9.83. The second-order valence-corrected chi connectivity index (χ2v) is 4.13. The van der Waals surface area contributed by atoms with E-state index in [4.69, 9.17) is 10.2 Å². The Morgan fingerprint density at radius 2 is 1.40 bits per heavy atom. The lowest BCUT2D eigenvalue weighted by atomic mass is 10.2. The molecule has 4 N–H and O–H groups in total. The Labute approximate surface area is 117 Å². The summed E-state index contributed by atoms with van der Waals surface area (Å²) < 4.78 is 0. The van der Waals surface area contributed by atoms with Gasteiger partial charge in [-0.25, -0.2) is 9.97 Å². The number of aliphatic hydroxyl groups excluding tert-OH is 2. The Morgan fingerprint density at radius 1 is 0.850 bits per heavy atom. The predicted octanol–water partition coefficient (Wildman–Crippen LogP) is 0.952. The van der Waals surface area contributed by atoms with Crippen LogP contribution in [0.15, 0.2) is 36.4 Å². The highest BCUT2D eigenvalue weighted by molar-refractivity contribution is 5.61. The lowest BCUT2D eigenvalue weighted by molar-refractivity contribution is 0.311. The van der Waals surface area contributed by atoms with Gasteiger partial charge in [0.05, 0.1) is 13.2 Å². The standard InChI is InChI=1S/C14H18N4O2/c19-8-6-15-12-10-13(16-7-9-20)18-14(17-12)11-4-2-1-3-5-11/h1-5,10,19-20H,6-9H2,(H2,15,16,17,18). The van der Waals surface area contributed by atoms with Crippen LogP contribution in [0.5, 0.6) is 0 Å². The van der Waals surface area contributed by atoms with Gasteiger partial charge in [-0.2, -0.15) is 0 Å². The third-order valence-corrected chi connectivity index (χ3v) is 2.59. The molecule has 0 amide bonds. The normalized spacial score (nSPS) is 10.3. The first-order valence-electron chi connectivity index (χ1n) is 6.47. The van der Waals surface area contributed by atoms with E-state index in [1.807, 2.05) is 30.3 Å². The Balaban J connectivity index is 2.29. The molecule has 6 nitrogen and oxygen atoms in total. The van der Waals surface area contributed by atoms with E-state index in [-0.39, 0.29) is 13.2 Å². The summed E-state index contributed by atoms with van der Waals surface area (Å²) in [5, 5.41) is 23.8. The molecule has 0 radical (unpaired) electrons. The van der Waals surface area contributed by atoms with Gasteiger partial charge >= 0.3 is 0 Å². The molecule has 0 fully saturated rings. The number of aliphatic hydroxyl groups is 2. The van der Waals surface area contributed by atoms with E-state index < -0.39 is 0 Å². The van der Waals surface area contributed by atoms with Crippen LogP contribution in [0.25, 0.3) is 11.4 Å². The van der Waals surface area contributed by atoms with Crippen LogP contribution in [0.1, 0.15) is 0 Å². The van der Waals surface area contributed by atoms with Crippen molar-refractivity contribution in [2.45, 2.75) is 0 Å². The van der Waals surface area contributed by atoms with Crippen LogP contribution in [0.3, 0.4) is 0 Å². The van der Waals surface area contributed by atoms with Gasteiger partial charge in [-0.3, -0.25) is 0 Å². The maximum absolute atomic E-state index is 8.87. The summed E-state index contributed by atoms with van der Waals surface area (Å²) in [6.07, 6.45) is 0. The fraction of sp³-hybridized carbons (Fsp3) is 0.286. The molecule has 1 aromatic heterocycles. The summed E-state index contributed by atoms with van der Waals surface area (Å²) in [6, 6.07) is 11.4. The molecule has 1 heterocycles. The molecule has 0 spiro atoms. The number of anilines is 2. The van der Waals surface area contributed by atoms with Crippen LogP contribution in [-0.4, -0.2) is 46.5 Å². The summed E-state index contributed by atoms with van der Waals surface area (Å²) in [7, 11) is 0. The van der Waals surface area contributed by atoms with E-state index in [0.29, 0.717) is 30.5 Å². The summed E-state index contributed by atoms with van der Waals surface area (Å²) in [5.41, 5.74) is 0.909. The number of hydrogen-bond donors (Lipinski definition) is 4. The number of aromatic nitrogens is 2. The first-order valence-corrected chi connectivity index (χ1v) is 6.47. The Morgan fingerprint density at radius 3 is 1.90 bits per heavy atom. The second kappa shape index (κ2) is 7.42. The molecular weight excluding hydrogens is 256 g/mol. The van der Waals surface area contributed by atoms with Gasteiger partial charge in [0.1, 0.15) is 11.6 Å². The molecule has 0 aliphatic rings. The van der Waals surface area contributed by atoms with Crippen molar-refractivity contribution in [2.75, 3.05) is 36.9 Å². The SMILES string of the molecule is OCCNc1cc(NCCO)nc(-c2ccccc2)n1. The quantitative estimate of drug-likeness (QED) is 0.601. The number of nitrogens with zero attached hydrogens (tertiary/aromatic N) is 2. The average Bonchev–Trinajstić information content (AvgIpc) is 2.51. The van der Waals surface area contributed by atoms with E-state index >= 15 is 0 Å². The zero-order valence-corrected chi connectivity index (χ0v) is 11.1. The molecule has 0 saturated heterocycles. The smallest absolute Gasteiger partial charge is 0.163 e. The van der Waals surface area contributed by atoms with E-state index in [1.165, 1.54) is 0 Å². The highest BCUT2D eigenvalue weighted by atomic mass is 16.3. The minimum Gasteiger partial charge on any atom is -0.395 e. The fourth-order valence-electron chi connectivity index (χ4n) is 1.71. The van der Waals surface area contributed by atoms with Gasteiger partial charge in [0, 0.05) is 24.7 Å². The summed E-state index contributed by atoms with van der Waals surface area (Å²) in [6.45, 7) is 0.906. The zero-order valence-electron chi connectivity index (χ0n) is 11.1. The molecular formula is C14H18N4O2. The highest BCUT2D eigenvalue weighted by Gasteiger charge is 2.06. The van der Waals surface area contributed by atoms with Crippen molar-refractivity contribution in [1.82, 2.24) is 9.97 Å². The number of rotatable bonds is 7. The molecule has 0 aliphatic carbocycles. The van der Waals surface area contributed by atoms with Crippen LogP contribution in [0.2, 0.25) is 0 Å². The van der Waals surface area contributed by atoms with Gasteiger partial charge in [-0.1, -0.05) is 30.3 Å². The highest BCUT2D eigenvalue weighted by Crippen LogP contribution is 2.19. The summed E-state index contributed by atoms with van der Waals surface area (Å²) in [5.74, 6) is 1.86. The van der Waals surface area contributed by atoms with Gasteiger partial charge in [0.15, 0.2) is 5.82 Å². The van der Waals surface area contributed by atoms with Crippen LogP contribution < -0.4 is 10.6 Å². The van der Waals surface area contributed by atoms with Crippen molar-refractivity contribution in [2.24, 2.45) is 0 Å². The van der Waals surface area contributed by atoms with Gasteiger partial charge in [0.2, 0.25) is 0 Å². The summed E-state index contributed by atoms with van der Waals surface area (Å²) in [4.78, 5) is 8.83. The minimum absolute atomic E-state index is 0.0318. The van der Waals surface area contributed by atoms with E-state index in [0.717, 1.165) is 5.56 Å². The third kappa shape index (κ3) is 3.91. The molecule has 20 heavy (non-hydrogen) atoms. The number of hydrogen-bond acceptors (Lipinski definition) is 6. The number of nitrogens with one attached hydrogen (secondary N) is 2. The second-order valence-electron chi connectivity index (χ2n) is 4.13. The van der Waals surface area contributed by atoms with E-state index in [1.54, 1.807) is 6.07 Å². The molecule has 2 aromatic rings. The lowest BCUT2D eigenvalue weighted by Gasteiger charge is -2.10. The molecule has 0 bridgehead atoms. The fourth-order valence-corrected chi connectivity index (χ4v) is 1.71. The Kier molecular flexibility index (Phi) is 5.28. The van der Waals surface area contributed by atoms with Crippen molar-refractivity contribution < 1.29 is 10.2 Å². The monoisotopic (exact) mass is 274 g/mol. The van der Waals surface area contributed by atoms with Crippen LogP contribution in [0.4, 0.5) is 11.6 Å². The van der Waals surface area contributed by atoms with Gasteiger partial charge in [-0.15, -0.1) is 0 Å². The van der Waals surface area contributed by atoms with Crippen molar-refractivity contribution in [3.05, 3.63) is 36.4 Å².